The summed E-state index contributed by atoms with van der Waals surface area (Å²) >= 11 is 1.95. The maximum atomic E-state index is 6.02. The lowest BCUT2D eigenvalue weighted by Gasteiger charge is -2.15. The lowest BCUT2D eigenvalue weighted by molar-refractivity contribution is 0.656. The van der Waals surface area contributed by atoms with Gasteiger partial charge >= 0.3 is 0 Å². The van der Waals surface area contributed by atoms with E-state index in [2.05, 4.69) is 23.6 Å². The minimum absolute atomic E-state index is 0.448. The van der Waals surface area contributed by atoms with Gasteiger partial charge in [-0.2, -0.15) is 16.9 Å². The first-order chi connectivity index (χ1) is 7.62. The molecule has 0 atom stereocenters. The number of aryl methyl sites for hydroxylation is 2. The second kappa shape index (κ2) is 4.20. The lowest BCUT2D eigenvalue weighted by Crippen LogP contribution is -2.20. The summed E-state index contributed by atoms with van der Waals surface area (Å²) in [6.45, 7) is 5.88. The fourth-order valence-corrected chi connectivity index (χ4v) is 2.57. The van der Waals surface area contributed by atoms with Gasteiger partial charge in [0.05, 0.1) is 11.4 Å². The number of nitrogens with one attached hydrogen (secondary N) is 1. The van der Waals surface area contributed by atoms with Crippen molar-refractivity contribution in [2.45, 2.75) is 38.0 Å². The molecule has 0 aliphatic heterocycles. The van der Waals surface area contributed by atoms with E-state index in [1.807, 2.05) is 23.4 Å². The number of thioether (sulfide) groups is 1. The molecule has 0 unspecified atom stereocenters. The van der Waals surface area contributed by atoms with Crippen LogP contribution in [0.4, 0.5) is 11.5 Å². The summed E-state index contributed by atoms with van der Waals surface area (Å²) in [5.41, 5.74) is 7.72. The first kappa shape index (κ1) is 11.6. The molecule has 90 valence electrons. The summed E-state index contributed by atoms with van der Waals surface area (Å²) in [6.07, 6.45) is 4.79. The van der Waals surface area contributed by atoms with Crippen LogP contribution in [-0.2, 0) is 6.54 Å². The number of anilines is 2. The molecule has 16 heavy (non-hydrogen) atoms. The van der Waals surface area contributed by atoms with Crippen molar-refractivity contribution in [3.05, 3.63) is 5.69 Å². The smallest absolute Gasteiger partial charge is 0.148 e. The summed E-state index contributed by atoms with van der Waals surface area (Å²) in [5, 5.41) is 7.86. The molecule has 0 bridgehead atoms. The third kappa shape index (κ3) is 2.00. The molecule has 0 amide bonds. The van der Waals surface area contributed by atoms with Gasteiger partial charge in [0, 0.05) is 17.8 Å². The van der Waals surface area contributed by atoms with Crippen molar-refractivity contribution in [1.82, 2.24) is 9.78 Å². The van der Waals surface area contributed by atoms with Crippen molar-refractivity contribution in [3.63, 3.8) is 0 Å². The molecule has 0 radical (unpaired) electrons. The maximum Gasteiger partial charge on any atom is 0.148 e. The molecule has 0 saturated heterocycles. The van der Waals surface area contributed by atoms with E-state index >= 15 is 0 Å². The second-order valence-electron chi connectivity index (χ2n) is 4.40. The van der Waals surface area contributed by atoms with Crippen molar-refractivity contribution in [2.75, 3.05) is 23.9 Å². The Morgan fingerprint density at radius 3 is 2.75 bits per heavy atom. The molecular formula is C11H20N4S. The fraction of sp³-hybridized carbons (Fsp3) is 0.727. The SMILES string of the molecule is CCn1nc(C)c(N)c1NCC1(SC)CC1. The zero-order chi connectivity index (χ0) is 11.8. The van der Waals surface area contributed by atoms with Crippen LogP contribution in [0.1, 0.15) is 25.5 Å². The average Bonchev–Trinajstić information content (AvgIpc) is 3.02. The van der Waals surface area contributed by atoms with E-state index in [-0.39, 0.29) is 0 Å². The molecule has 0 aromatic carbocycles. The van der Waals surface area contributed by atoms with Crippen LogP contribution in [0.3, 0.4) is 0 Å². The van der Waals surface area contributed by atoms with Gasteiger partial charge in [0.1, 0.15) is 5.82 Å². The second-order valence-corrected chi connectivity index (χ2v) is 5.68. The molecule has 4 nitrogen and oxygen atoms in total. The Balaban J connectivity index is 2.08. The quantitative estimate of drug-likeness (QED) is 0.827. The Labute approximate surface area is 101 Å². The third-order valence-electron chi connectivity index (χ3n) is 3.29. The highest BCUT2D eigenvalue weighted by atomic mass is 32.2. The summed E-state index contributed by atoms with van der Waals surface area (Å²) in [6, 6.07) is 0. The fourth-order valence-electron chi connectivity index (χ4n) is 1.85. The van der Waals surface area contributed by atoms with Gasteiger partial charge in [0.2, 0.25) is 0 Å². The van der Waals surface area contributed by atoms with Crippen LogP contribution >= 0.6 is 11.8 Å². The van der Waals surface area contributed by atoms with E-state index in [1.165, 1.54) is 12.8 Å². The molecule has 1 aromatic heterocycles. The Kier molecular flexibility index (Phi) is 3.06. The standard InChI is InChI=1S/C11H20N4S/c1-4-15-10(9(12)8(2)14-15)13-7-11(16-3)5-6-11/h13H,4-7,12H2,1-3H3. The van der Waals surface area contributed by atoms with Crippen molar-refractivity contribution in [2.24, 2.45) is 0 Å². The molecule has 2 rings (SSSR count). The van der Waals surface area contributed by atoms with Crippen LogP contribution in [0.15, 0.2) is 0 Å². The molecule has 1 saturated carbocycles. The van der Waals surface area contributed by atoms with Crippen LogP contribution in [0.2, 0.25) is 0 Å². The first-order valence-corrected chi connectivity index (χ1v) is 6.96. The highest BCUT2D eigenvalue weighted by Gasteiger charge is 2.41. The van der Waals surface area contributed by atoms with Crippen molar-refractivity contribution in [3.8, 4) is 0 Å². The summed E-state index contributed by atoms with van der Waals surface area (Å²) in [5.74, 6) is 0.986. The van der Waals surface area contributed by atoms with E-state index in [1.54, 1.807) is 0 Å². The Morgan fingerprint density at radius 1 is 1.56 bits per heavy atom. The third-order valence-corrected chi connectivity index (χ3v) is 4.71. The molecule has 0 spiro atoms. The summed E-state index contributed by atoms with van der Waals surface area (Å²) in [4.78, 5) is 0. The predicted molar refractivity (Wildman–Crippen MR) is 71.0 cm³/mol. The number of aromatic nitrogens is 2. The normalized spacial score (nSPS) is 17.4. The average molecular weight is 240 g/mol. The molecule has 3 N–H and O–H groups in total. The van der Waals surface area contributed by atoms with Gasteiger partial charge in [0.25, 0.3) is 0 Å². The van der Waals surface area contributed by atoms with Crippen LogP contribution < -0.4 is 11.1 Å². The predicted octanol–water partition coefficient (Wildman–Crippen LogP) is 2.10. The molecular weight excluding hydrogens is 220 g/mol. The van der Waals surface area contributed by atoms with Crippen LogP contribution in [0, 0.1) is 6.92 Å². The molecule has 1 aliphatic carbocycles. The first-order valence-electron chi connectivity index (χ1n) is 5.74. The lowest BCUT2D eigenvalue weighted by atomic mass is 10.3. The molecule has 1 aliphatic rings. The minimum Gasteiger partial charge on any atom is -0.394 e. The van der Waals surface area contributed by atoms with E-state index < -0.39 is 0 Å². The van der Waals surface area contributed by atoms with Gasteiger partial charge in [-0.3, -0.25) is 0 Å². The van der Waals surface area contributed by atoms with Gasteiger partial charge in [-0.05, 0) is 32.9 Å². The highest BCUT2D eigenvalue weighted by Crippen LogP contribution is 2.47. The van der Waals surface area contributed by atoms with Gasteiger partial charge in [0.15, 0.2) is 0 Å². The van der Waals surface area contributed by atoms with Crippen molar-refractivity contribution in [1.29, 1.82) is 0 Å². The Bertz CT molecular complexity index is 382. The maximum absolute atomic E-state index is 6.02. The van der Waals surface area contributed by atoms with E-state index in [0.717, 1.165) is 30.3 Å². The van der Waals surface area contributed by atoms with Crippen molar-refractivity contribution < 1.29 is 0 Å². The number of hydrogen-bond acceptors (Lipinski definition) is 4. The Morgan fingerprint density at radius 2 is 2.25 bits per heavy atom. The number of rotatable bonds is 5. The zero-order valence-electron chi connectivity index (χ0n) is 10.2. The zero-order valence-corrected chi connectivity index (χ0v) is 11.0. The van der Waals surface area contributed by atoms with E-state index in [0.29, 0.717) is 4.75 Å². The minimum atomic E-state index is 0.448. The molecule has 1 aromatic rings. The Hall–Kier alpha value is -0.840. The largest absolute Gasteiger partial charge is 0.394 e. The number of nitrogens with two attached hydrogens (primary N) is 1. The van der Waals surface area contributed by atoms with Gasteiger partial charge in [-0.25, -0.2) is 4.68 Å². The van der Waals surface area contributed by atoms with Crippen LogP contribution in [0.5, 0.6) is 0 Å². The number of hydrogen-bond donors (Lipinski definition) is 2. The van der Waals surface area contributed by atoms with Crippen LogP contribution in [-0.4, -0.2) is 27.3 Å². The van der Waals surface area contributed by atoms with E-state index in [4.69, 9.17) is 5.73 Å². The highest BCUT2D eigenvalue weighted by molar-refractivity contribution is 8.00. The molecule has 1 heterocycles. The summed E-state index contributed by atoms with van der Waals surface area (Å²) < 4.78 is 2.39. The molecule has 1 fully saturated rings. The van der Waals surface area contributed by atoms with Gasteiger partial charge in [-0.15, -0.1) is 0 Å². The number of nitrogen functional groups attached to an aromatic ring is 1. The monoisotopic (exact) mass is 240 g/mol. The van der Waals surface area contributed by atoms with Gasteiger partial charge in [-0.1, -0.05) is 0 Å². The van der Waals surface area contributed by atoms with Gasteiger partial charge < -0.3 is 11.1 Å². The topological polar surface area (TPSA) is 55.9 Å². The van der Waals surface area contributed by atoms with Crippen molar-refractivity contribution >= 4 is 23.3 Å². The van der Waals surface area contributed by atoms with Crippen LogP contribution in [0.25, 0.3) is 0 Å². The summed E-state index contributed by atoms with van der Waals surface area (Å²) in [7, 11) is 0. The van der Waals surface area contributed by atoms with E-state index in [9.17, 15) is 0 Å². The molecule has 5 heteroatoms. The number of nitrogens with zero attached hydrogens (tertiary/aromatic N) is 2.